The number of methoxy groups -OCH3 is 2. The quantitative estimate of drug-likeness (QED) is 0.746. The molecule has 0 heterocycles. The van der Waals surface area contributed by atoms with Gasteiger partial charge in [-0.2, -0.15) is 0 Å². The smallest absolute Gasteiger partial charge is 0.341 e. The van der Waals surface area contributed by atoms with Crippen molar-refractivity contribution in [1.29, 1.82) is 0 Å². The highest BCUT2D eigenvalue weighted by atomic mass is 16.5. The van der Waals surface area contributed by atoms with Gasteiger partial charge in [0.15, 0.2) is 0 Å². The first-order valence-electron chi connectivity index (χ1n) is 5.07. The van der Waals surface area contributed by atoms with Crippen molar-refractivity contribution in [2.45, 2.75) is 6.92 Å². The Bertz CT molecular complexity index is 425. The van der Waals surface area contributed by atoms with Gasteiger partial charge in [0.1, 0.15) is 11.3 Å². The molecule has 5 nitrogen and oxygen atoms in total. The summed E-state index contributed by atoms with van der Waals surface area (Å²) in [6, 6.07) is 4.47. The van der Waals surface area contributed by atoms with Crippen molar-refractivity contribution >= 4 is 11.9 Å². The average Bonchev–Trinajstić information content (AvgIpc) is 2.37. The number of benzene rings is 1. The van der Waals surface area contributed by atoms with Gasteiger partial charge in [0, 0.05) is 0 Å². The maximum Gasteiger partial charge on any atom is 0.341 e. The van der Waals surface area contributed by atoms with Crippen LogP contribution in [0.1, 0.15) is 27.6 Å². The van der Waals surface area contributed by atoms with Gasteiger partial charge in [-0.15, -0.1) is 0 Å². The van der Waals surface area contributed by atoms with Gasteiger partial charge in [-0.25, -0.2) is 9.59 Å². The molecule has 92 valence electrons. The van der Waals surface area contributed by atoms with Crippen LogP contribution in [0.15, 0.2) is 18.2 Å². The van der Waals surface area contributed by atoms with Gasteiger partial charge in [-0.05, 0) is 25.1 Å². The van der Waals surface area contributed by atoms with Gasteiger partial charge in [0.05, 0.1) is 26.4 Å². The van der Waals surface area contributed by atoms with Gasteiger partial charge in [-0.1, -0.05) is 0 Å². The van der Waals surface area contributed by atoms with Crippen LogP contribution in [0, 0.1) is 0 Å². The summed E-state index contributed by atoms with van der Waals surface area (Å²) >= 11 is 0. The summed E-state index contributed by atoms with van der Waals surface area (Å²) in [5.74, 6) is -0.690. The maximum atomic E-state index is 11.5. The molecule has 0 aliphatic rings. The molecule has 0 aliphatic carbocycles. The second-order valence-electron chi connectivity index (χ2n) is 3.13. The van der Waals surface area contributed by atoms with Crippen molar-refractivity contribution in [1.82, 2.24) is 0 Å². The lowest BCUT2D eigenvalue weighted by atomic mass is 10.1. The number of carbonyl (C=O) groups is 2. The Hall–Kier alpha value is -2.04. The zero-order valence-corrected chi connectivity index (χ0v) is 9.98. The van der Waals surface area contributed by atoms with E-state index in [4.69, 9.17) is 4.74 Å². The van der Waals surface area contributed by atoms with E-state index >= 15 is 0 Å². The molecule has 1 rings (SSSR count). The molecule has 0 radical (unpaired) electrons. The zero-order valence-electron chi connectivity index (χ0n) is 9.98. The van der Waals surface area contributed by atoms with Crippen LogP contribution in [-0.2, 0) is 9.47 Å². The fourth-order valence-corrected chi connectivity index (χ4v) is 1.33. The molecular weight excluding hydrogens is 224 g/mol. The Morgan fingerprint density at radius 2 is 1.76 bits per heavy atom. The summed E-state index contributed by atoms with van der Waals surface area (Å²) in [6.45, 7) is 2.22. The predicted octanol–water partition coefficient (Wildman–Crippen LogP) is 1.66. The van der Waals surface area contributed by atoms with E-state index in [1.165, 1.54) is 26.4 Å². The number of carbonyl (C=O) groups excluding carboxylic acids is 2. The highest BCUT2D eigenvalue weighted by molar-refractivity contribution is 5.97. The fraction of sp³-hybridized carbons (Fsp3) is 0.333. The summed E-state index contributed by atoms with van der Waals surface area (Å²) in [6.07, 6.45) is 0. The first-order valence-corrected chi connectivity index (χ1v) is 5.07. The molecule has 0 bridgehead atoms. The number of ether oxygens (including phenoxy) is 3. The molecule has 0 spiro atoms. The lowest BCUT2D eigenvalue weighted by Gasteiger charge is -2.09. The van der Waals surface area contributed by atoms with Gasteiger partial charge in [0.2, 0.25) is 0 Å². The Labute approximate surface area is 99.3 Å². The minimum Gasteiger partial charge on any atom is -0.493 e. The highest BCUT2D eigenvalue weighted by Gasteiger charge is 2.16. The molecular formula is C12H14O5. The number of rotatable bonds is 4. The SMILES string of the molecule is CCOc1ccc(C(=O)OC)cc1C(=O)OC. The molecule has 0 unspecified atom stereocenters. The normalized spacial score (nSPS) is 9.59. The van der Waals surface area contributed by atoms with Crippen molar-refractivity contribution in [3.63, 3.8) is 0 Å². The van der Waals surface area contributed by atoms with Crippen molar-refractivity contribution in [2.75, 3.05) is 20.8 Å². The fourth-order valence-electron chi connectivity index (χ4n) is 1.33. The topological polar surface area (TPSA) is 61.8 Å². The van der Waals surface area contributed by atoms with Gasteiger partial charge in [-0.3, -0.25) is 0 Å². The Morgan fingerprint density at radius 3 is 2.29 bits per heavy atom. The van der Waals surface area contributed by atoms with E-state index in [1.807, 2.05) is 0 Å². The zero-order chi connectivity index (χ0) is 12.8. The largest absolute Gasteiger partial charge is 0.493 e. The number of hydrogen-bond donors (Lipinski definition) is 0. The second kappa shape index (κ2) is 5.89. The van der Waals surface area contributed by atoms with Crippen LogP contribution in [0.4, 0.5) is 0 Å². The van der Waals surface area contributed by atoms with E-state index in [-0.39, 0.29) is 11.1 Å². The summed E-state index contributed by atoms with van der Waals surface area (Å²) in [5.41, 5.74) is 0.480. The van der Waals surface area contributed by atoms with E-state index in [0.717, 1.165) is 0 Å². The summed E-state index contributed by atoms with van der Waals surface area (Å²) in [4.78, 5) is 22.8. The molecule has 0 aromatic heterocycles. The highest BCUT2D eigenvalue weighted by Crippen LogP contribution is 2.21. The molecule has 0 saturated carbocycles. The summed E-state index contributed by atoms with van der Waals surface area (Å²) in [7, 11) is 2.54. The summed E-state index contributed by atoms with van der Waals surface area (Å²) in [5, 5.41) is 0. The van der Waals surface area contributed by atoms with Crippen LogP contribution < -0.4 is 4.74 Å². The lowest BCUT2D eigenvalue weighted by Crippen LogP contribution is -2.09. The lowest BCUT2D eigenvalue weighted by molar-refractivity contribution is 0.0595. The maximum absolute atomic E-state index is 11.5. The third-order valence-electron chi connectivity index (χ3n) is 2.11. The number of hydrogen-bond acceptors (Lipinski definition) is 5. The van der Waals surface area contributed by atoms with Crippen LogP contribution in [-0.4, -0.2) is 32.8 Å². The average molecular weight is 238 g/mol. The molecule has 1 aromatic rings. The molecule has 0 amide bonds. The van der Waals surface area contributed by atoms with Crippen LogP contribution >= 0.6 is 0 Å². The van der Waals surface area contributed by atoms with Gasteiger partial charge < -0.3 is 14.2 Å². The standard InChI is InChI=1S/C12H14O5/c1-4-17-10-6-5-8(11(13)15-2)7-9(10)12(14)16-3/h5-7H,4H2,1-3H3. The molecule has 0 fully saturated rings. The molecule has 1 aromatic carbocycles. The first-order chi connectivity index (χ1) is 8.13. The van der Waals surface area contributed by atoms with Crippen LogP contribution in [0.5, 0.6) is 5.75 Å². The third-order valence-corrected chi connectivity index (χ3v) is 2.11. The van der Waals surface area contributed by atoms with Crippen molar-refractivity contribution in [3.8, 4) is 5.75 Å². The monoisotopic (exact) mass is 238 g/mol. The van der Waals surface area contributed by atoms with Crippen molar-refractivity contribution < 1.29 is 23.8 Å². The van der Waals surface area contributed by atoms with E-state index in [0.29, 0.717) is 12.4 Å². The van der Waals surface area contributed by atoms with Crippen molar-refractivity contribution in [2.24, 2.45) is 0 Å². The minimum atomic E-state index is -0.556. The van der Waals surface area contributed by atoms with Crippen molar-refractivity contribution in [3.05, 3.63) is 29.3 Å². The molecule has 17 heavy (non-hydrogen) atoms. The van der Waals surface area contributed by atoms with E-state index in [2.05, 4.69) is 9.47 Å². The number of esters is 2. The van der Waals surface area contributed by atoms with Crippen LogP contribution in [0.3, 0.4) is 0 Å². The molecule has 0 N–H and O–H groups in total. The Balaban J connectivity index is 3.18. The molecule has 0 atom stereocenters. The molecule has 5 heteroatoms. The van der Waals surface area contributed by atoms with E-state index < -0.39 is 11.9 Å². The van der Waals surface area contributed by atoms with Gasteiger partial charge in [0.25, 0.3) is 0 Å². The third kappa shape index (κ3) is 2.96. The molecule has 0 aliphatic heterocycles. The minimum absolute atomic E-state index is 0.206. The Kier molecular flexibility index (Phi) is 4.51. The predicted molar refractivity (Wildman–Crippen MR) is 60.3 cm³/mol. The first kappa shape index (κ1) is 13.0. The Morgan fingerprint density at radius 1 is 1.12 bits per heavy atom. The van der Waals surface area contributed by atoms with E-state index in [1.54, 1.807) is 13.0 Å². The molecule has 0 saturated heterocycles. The second-order valence-corrected chi connectivity index (χ2v) is 3.13. The van der Waals surface area contributed by atoms with Crippen LogP contribution in [0.25, 0.3) is 0 Å². The van der Waals surface area contributed by atoms with E-state index in [9.17, 15) is 9.59 Å². The van der Waals surface area contributed by atoms with Gasteiger partial charge >= 0.3 is 11.9 Å². The summed E-state index contributed by atoms with van der Waals surface area (Å²) < 4.78 is 14.5. The van der Waals surface area contributed by atoms with Crippen LogP contribution in [0.2, 0.25) is 0 Å².